The van der Waals surface area contributed by atoms with Crippen LogP contribution in [0, 0.1) is 53.3 Å². The molecule has 0 saturated heterocycles. The fourth-order valence-electron chi connectivity index (χ4n) is 5.38. The summed E-state index contributed by atoms with van der Waals surface area (Å²) in [5, 5.41) is 10.5. The molecule has 84 heavy (non-hydrogen) atoms. The first-order valence-electron chi connectivity index (χ1n) is 33.4. The molecule has 0 aliphatic heterocycles. The highest BCUT2D eigenvalue weighted by Crippen LogP contribution is 2.17. The summed E-state index contributed by atoms with van der Waals surface area (Å²) in [7, 11) is 0. The molecule has 0 unspecified atom stereocenters. The summed E-state index contributed by atoms with van der Waals surface area (Å²) in [5.74, 6) is 19.8. The highest BCUT2D eigenvalue weighted by molar-refractivity contribution is 8.03. The van der Waals surface area contributed by atoms with E-state index in [0.29, 0.717) is 0 Å². The third-order valence-corrected chi connectivity index (χ3v) is 19.9. The summed E-state index contributed by atoms with van der Waals surface area (Å²) >= 11 is 17.9. The summed E-state index contributed by atoms with van der Waals surface area (Å²) in [6.45, 7) is 63.1. The zero-order chi connectivity index (χ0) is 65.8. The molecule has 0 saturated carbocycles. The molecule has 0 bridgehead atoms. The molecule has 0 atom stereocenters. The predicted octanol–water partition coefficient (Wildman–Crippen LogP) is 28.7. The van der Waals surface area contributed by atoms with E-state index < -0.39 is 0 Å². The van der Waals surface area contributed by atoms with Gasteiger partial charge in [0.15, 0.2) is 0 Å². The Kier molecular flexibility index (Phi) is 94.7. The van der Waals surface area contributed by atoms with E-state index in [1.54, 1.807) is 0 Å². The Balaban J connectivity index is -0.000000165. The SMILES string of the molecule is CC(C)C/C=C\CCSC(C)C.CC(C)C/C=C\CCSC(C)C.CC(C)C/C=C\CSCC(C)C.CC(C)C/C=C\CSCC(C)C.CC(C)C/C=C\SCCC(C)C.CC(C)CSC/C=C\SC(C)C.CC(C)S/C=C\CCSC(C)C. The van der Waals surface area contributed by atoms with Gasteiger partial charge in [-0.15, -0.1) is 35.3 Å². The van der Waals surface area contributed by atoms with Crippen molar-refractivity contribution in [1.29, 1.82) is 0 Å². The maximum absolute atomic E-state index is 2.31. The number of hydrogen-bond acceptors (Lipinski definition) is 9. The highest BCUT2D eigenvalue weighted by Gasteiger charge is 1.98. The second-order valence-electron chi connectivity index (χ2n) is 26.5. The van der Waals surface area contributed by atoms with Crippen LogP contribution in [-0.4, -0.2) is 83.8 Å². The molecule has 0 amide bonds. The summed E-state index contributed by atoms with van der Waals surface area (Å²) < 4.78 is 0. The Labute approximate surface area is 572 Å². The molecule has 0 aromatic heterocycles. The average molecular weight is 1340 g/mol. The molecule has 0 aromatic carbocycles. The summed E-state index contributed by atoms with van der Waals surface area (Å²) in [4.78, 5) is 0. The maximum atomic E-state index is 2.31. The molecule has 0 radical (unpaired) electrons. The van der Waals surface area contributed by atoms with Crippen LogP contribution in [0.25, 0.3) is 0 Å². The smallest absolute Gasteiger partial charge is 0.0121 e. The van der Waals surface area contributed by atoms with E-state index in [9.17, 15) is 0 Å². The van der Waals surface area contributed by atoms with Gasteiger partial charge in [0.25, 0.3) is 0 Å². The zero-order valence-electron chi connectivity index (χ0n) is 61.3. The van der Waals surface area contributed by atoms with Crippen molar-refractivity contribution >= 4 is 106 Å². The Hall–Kier alpha value is 1.33. The van der Waals surface area contributed by atoms with Crippen molar-refractivity contribution in [2.45, 2.75) is 278 Å². The number of thioether (sulfide) groups is 9. The lowest BCUT2D eigenvalue weighted by Gasteiger charge is -2.01. The fourth-order valence-corrected chi connectivity index (χ4v) is 12.4. The predicted molar refractivity (Wildman–Crippen MR) is 432 cm³/mol. The lowest BCUT2D eigenvalue weighted by Crippen LogP contribution is -1.90. The second-order valence-corrected chi connectivity index (χ2v) is 38.8. The van der Waals surface area contributed by atoms with Crippen LogP contribution in [0.2, 0.25) is 0 Å². The zero-order valence-corrected chi connectivity index (χ0v) is 68.6. The lowest BCUT2D eigenvalue weighted by atomic mass is 10.1. The highest BCUT2D eigenvalue weighted by atomic mass is 32.2. The van der Waals surface area contributed by atoms with E-state index in [4.69, 9.17) is 0 Å². The van der Waals surface area contributed by atoms with Crippen LogP contribution < -0.4 is 0 Å². The normalized spacial score (nSPS) is 12.2. The van der Waals surface area contributed by atoms with Gasteiger partial charge in [-0.05, 0) is 183 Å². The molecule has 0 nitrogen and oxygen atoms in total. The van der Waals surface area contributed by atoms with E-state index in [-0.39, 0.29) is 0 Å². The first-order chi connectivity index (χ1) is 39.4. The van der Waals surface area contributed by atoms with E-state index in [1.165, 1.54) is 110 Å². The minimum absolute atomic E-state index is 0.719. The molecule has 0 aliphatic rings. The minimum Gasteiger partial charge on any atom is -0.159 e. The van der Waals surface area contributed by atoms with Crippen molar-refractivity contribution in [3.63, 3.8) is 0 Å². The maximum Gasteiger partial charge on any atom is 0.0121 e. The van der Waals surface area contributed by atoms with Gasteiger partial charge in [0.05, 0.1) is 0 Å². The van der Waals surface area contributed by atoms with Crippen LogP contribution in [0.4, 0.5) is 0 Å². The largest absolute Gasteiger partial charge is 0.159 e. The van der Waals surface area contributed by atoms with Crippen molar-refractivity contribution in [2.75, 3.05) is 57.5 Å². The Bertz CT molecular complexity index is 1100. The molecular weight excluding hydrogens is 1190 g/mol. The van der Waals surface area contributed by atoms with Gasteiger partial charge in [0, 0.05) is 27.8 Å². The first-order valence-corrected chi connectivity index (χ1v) is 43.0. The first kappa shape index (κ1) is 98.9. The fraction of sp³-hybridized carbons (Fsp3) is 0.813. The molecule has 0 rings (SSSR count). The second kappa shape index (κ2) is 80.4. The van der Waals surface area contributed by atoms with Gasteiger partial charge < -0.3 is 0 Å². The topological polar surface area (TPSA) is 0 Å². The molecule has 0 aliphatic carbocycles. The van der Waals surface area contributed by atoms with Crippen LogP contribution in [-0.2, 0) is 0 Å². The molecule has 9 heteroatoms. The van der Waals surface area contributed by atoms with Crippen LogP contribution in [0.3, 0.4) is 0 Å². The van der Waals surface area contributed by atoms with Crippen molar-refractivity contribution < 1.29 is 0 Å². The Morgan fingerprint density at radius 3 is 0.810 bits per heavy atom. The summed E-state index contributed by atoms with van der Waals surface area (Å²) in [5.41, 5.74) is 0. The standard InChI is InChI=1S/5C11H22S.2C10H20S2/c1-10(2)6-5-8-12-9-7-11(3)4;2*1-10(2)7-5-6-8-12-9-11(3)4;2*1-10(2)8-6-5-7-9-12-11(3)4;1-9(2)8-11-6-5-7-12-10(3)4;1-9(2)11-7-5-6-8-12-10(3)4/h5,8,10-11H,6-7,9H2,1-4H3;4*5-6,10-11H,7-9H2,1-4H3;2*5,7,9-10H,6,8H2,1-4H3/b8-5-;4*6-5-;2*7-5-. The third kappa shape index (κ3) is 136. The van der Waals surface area contributed by atoms with Crippen molar-refractivity contribution in [2.24, 2.45) is 53.3 Å². The summed E-state index contributed by atoms with van der Waals surface area (Å²) in [6, 6.07) is 0. The average Bonchev–Trinajstić information content (AvgIpc) is 3.36. The molecule has 504 valence electrons. The number of allylic oxidation sites excluding steroid dienone is 8. The third-order valence-electron chi connectivity index (χ3n) is 9.81. The lowest BCUT2D eigenvalue weighted by molar-refractivity contribution is 0.632. The van der Waals surface area contributed by atoms with Crippen LogP contribution in [0.5, 0.6) is 0 Å². The van der Waals surface area contributed by atoms with Crippen molar-refractivity contribution in [1.82, 2.24) is 0 Å². The van der Waals surface area contributed by atoms with Gasteiger partial charge in [-0.25, -0.2) is 0 Å². The van der Waals surface area contributed by atoms with Crippen LogP contribution in [0.1, 0.15) is 252 Å². The van der Waals surface area contributed by atoms with Crippen molar-refractivity contribution in [3.8, 4) is 0 Å². The molecule has 0 fully saturated rings. The van der Waals surface area contributed by atoms with E-state index in [2.05, 4.69) is 277 Å². The quantitative estimate of drug-likeness (QED) is 0.0429. The van der Waals surface area contributed by atoms with Gasteiger partial charge in [-0.3, -0.25) is 0 Å². The van der Waals surface area contributed by atoms with E-state index >= 15 is 0 Å². The van der Waals surface area contributed by atoms with Crippen molar-refractivity contribution in [3.05, 3.63) is 83.1 Å². The van der Waals surface area contributed by atoms with Crippen LogP contribution >= 0.6 is 106 Å². The summed E-state index contributed by atoms with van der Waals surface area (Å²) in [6.07, 6.45) is 36.4. The van der Waals surface area contributed by atoms with Gasteiger partial charge in [0.2, 0.25) is 0 Å². The molecule has 0 spiro atoms. The monoisotopic (exact) mass is 1340 g/mol. The van der Waals surface area contributed by atoms with Gasteiger partial charge in [-0.1, -0.05) is 261 Å². The van der Waals surface area contributed by atoms with E-state index in [0.717, 1.165) is 85.3 Å². The molecule has 0 N–H and O–H groups in total. The molecular formula is C75H150S9. The van der Waals surface area contributed by atoms with Crippen LogP contribution in [0.15, 0.2) is 83.1 Å². The van der Waals surface area contributed by atoms with Gasteiger partial charge >= 0.3 is 0 Å². The molecule has 0 aromatic rings. The van der Waals surface area contributed by atoms with Gasteiger partial charge in [0.1, 0.15) is 0 Å². The van der Waals surface area contributed by atoms with Gasteiger partial charge in [-0.2, -0.15) is 70.6 Å². The number of rotatable bonds is 42. The van der Waals surface area contributed by atoms with E-state index in [1.807, 2.05) is 106 Å². The number of hydrogen-bond donors (Lipinski definition) is 0. The minimum atomic E-state index is 0.719. The Morgan fingerprint density at radius 1 is 0.238 bits per heavy atom. The Morgan fingerprint density at radius 2 is 0.524 bits per heavy atom. The molecule has 0 heterocycles.